The molecule has 4 rings (SSSR count). The third-order valence-corrected chi connectivity index (χ3v) is 5.18. The van der Waals surface area contributed by atoms with Gasteiger partial charge in [0, 0.05) is 17.2 Å². The van der Waals surface area contributed by atoms with Crippen LogP contribution in [0.4, 0.5) is 27.6 Å². The normalized spacial score (nSPS) is 15.6. The van der Waals surface area contributed by atoms with Gasteiger partial charge in [-0.05, 0) is 44.2 Å². The summed E-state index contributed by atoms with van der Waals surface area (Å²) in [6.07, 6.45) is -4.80. The molecule has 0 fully saturated rings. The Labute approximate surface area is 191 Å². The molecule has 1 amide bonds. The average molecular weight is 481 g/mol. The molecule has 0 radical (unpaired) electrons. The van der Waals surface area contributed by atoms with Crippen LogP contribution >= 0.6 is 0 Å². The Morgan fingerprint density at radius 2 is 1.79 bits per heavy atom. The minimum Gasteiger partial charge on any atom is -0.487 e. The molecule has 0 atom stereocenters. The molecule has 0 bridgehead atoms. The van der Waals surface area contributed by atoms with E-state index >= 15 is 0 Å². The van der Waals surface area contributed by atoms with Crippen molar-refractivity contribution >= 4 is 11.6 Å². The smallest absolute Gasteiger partial charge is 0.449 e. The Morgan fingerprint density at radius 1 is 1.06 bits per heavy atom. The summed E-state index contributed by atoms with van der Waals surface area (Å²) in [4.78, 5) is 14.7. The predicted molar refractivity (Wildman–Crippen MR) is 113 cm³/mol. The summed E-state index contributed by atoms with van der Waals surface area (Å²) >= 11 is 0. The number of alkyl halides is 5. The van der Waals surface area contributed by atoms with Crippen LogP contribution in [0, 0.1) is 0 Å². The Balaban J connectivity index is 1.82. The summed E-state index contributed by atoms with van der Waals surface area (Å²) in [5.41, 5.74) is 0.355. The number of para-hydroxylation sites is 1. The molecule has 1 aromatic heterocycles. The number of rotatable bonds is 4. The van der Waals surface area contributed by atoms with Crippen LogP contribution in [-0.2, 0) is 17.5 Å². The van der Waals surface area contributed by atoms with Gasteiger partial charge in [-0.1, -0.05) is 18.2 Å². The molecule has 0 aliphatic carbocycles. The SMILES string of the molecule is CC1(C)CC(=O)N(Cc2ccc(C(F)(F)F)o2)c2ccccc2-c2ccc(OC(F)F)cc2O1. The molecule has 0 spiro atoms. The Hall–Kier alpha value is -3.56. The molecule has 1 aliphatic heterocycles. The number of hydrogen-bond donors (Lipinski definition) is 0. The highest BCUT2D eigenvalue weighted by Gasteiger charge is 2.36. The van der Waals surface area contributed by atoms with Crippen molar-refractivity contribution in [2.45, 2.75) is 45.2 Å². The van der Waals surface area contributed by atoms with E-state index in [-0.39, 0.29) is 30.2 Å². The van der Waals surface area contributed by atoms with Crippen LogP contribution in [0.15, 0.2) is 59.0 Å². The van der Waals surface area contributed by atoms with Crippen LogP contribution in [0.2, 0.25) is 0 Å². The molecule has 5 nitrogen and oxygen atoms in total. The molecule has 180 valence electrons. The standard InChI is InChI=1S/C24H20F5NO4/c1-23(2)12-21(31)30(13-15-8-10-20(32-15)24(27,28)29)18-6-4-3-5-16(18)17-9-7-14(33-22(25)26)11-19(17)34-23/h3-11,22H,12-13H2,1-2H3. The highest BCUT2D eigenvalue weighted by molar-refractivity contribution is 5.99. The second-order valence-corrected chi connectivity index (χ2v) is 8.34. The lowest BCUT2D eigenvalue weighted by Crippen LogP contribution is -2.38. The fourth-order valence-electron chi connectivity index (χ4n) is 3.79. The first-order valence-corrected chi connectivity index (χ1v) is 10.3. The zero-order chi connectivity index (χ0) is 24.7. The fraction of sp³-hybridized carbons (Fsp3) is 0.292. The lowest BCUT2D eigenvalue weighted by Gasteiger charge is -2.28. The number of fused-ring (bicyclic) bond motifs is 3. The number of furan rings is 1. The van der Waals surface area contributed by atoms with Crippen LogP contribution in [0.25, 0.3) is 11.1 Å². The molecule has 3 aromatic rings. The van der Waals surface area contributed by atoms with Gasteiger partial charge in [0.05, 0.1) is 18.7 Å². The summed E-state index contributed by atoms with van der Waals surface area (Å²) in [6, 6.07) is 12.9. The van der Waals surface area contributed by atoms with Gasteiger partial charge in [0.1, 0.15) is 22.9 Å². The number of amides is 1. The van der Waals surface area contributed by atoms with Crippen LogP contribution in [0.5, 0.6) is 11.5 Å². The Kier molecular flexibility index (Phi) is 6.01. The van der Waals surface area contributed by atoms with Crippen molar-refractivity contribution in [2.75, 3.05) is 4.90 Å². The van der Waals surface area contributed by atoms with Crippen molar-refractivity contribution in [3.8, 4) is 22.6 Å². The summed E-state index contributed by atoms with van der Waals surface area (Å²) in [7, 11) is 0. The van der Waals surface area contributed by atoms with Gasteiger partial charge in [-0.3, -0.25) is 4.79 Å². The van der Waals surface area contributed by atoms with Gasteiger partial charge in [0.15, 0.2) is 0 Å². The maximum Gasteiger partial charge on any atom is 0.449 e. The topological polar surface area (TPSA) is 51.9 Å². The highest BCUT2D eigenvalue weighted by Crippen LogP contribution is 2.43. The number of hydrogen-bond acceptors (Lipinski definition) is 4. The number of nitrogens with zero attached hydrogens (tertiary/aromatic N) is 1. The van der Waals surface area contributed by atoms with Gasteiger partial charge in [-0.15, -0.1) is 0 Å². The molecule has 2 aromatic carbocycles. The van der Waals surface area contributed by atoms with Crippen molar-refractivity contribution in [3.63, 3.8) is 0 Å². The molecule has 2 heterocycles. The summed E-state index contributed by atoms with van der Waals surface area (Å²) in [5, 5.41) is 0. The van der Waals surface area contributed by atoms with E-state index in [1.807, 2.05) is 0 Å². The summed E-state index contributed by atoms with van der Waals surface area (Å²) < 4.78 is 80.0. The lowest BCUT2D eigenvalue weighted by atomic mass is 10.0. The van der Waals surface area contributed by atoms with E-state index in [4.69, 9.17) is 9.15 Å². The van der Waals surface area contributed by atoms with Gasteiger partial charge in [-0.2, -0.15) is 22.0 Å². The van der Waals surface area contributed by atoms with E-state index in [1.165, 1.54) is 29.2 Å². The van der Waals surface area contributed by atoms with E-state index in [1.54, 1.807) is 38.1 Å². The molecular weight excluding hydrogens is 461 g/mol. The number of ether oxygens (including phenoxy) is 2. The molecule has 34 heavy (non-hydrogen) atoms. The van der Waals surface area contributed by atoms with Crippen LogP contribution in [0.3, 0.4) is 0 Å². The zero-order valence-electron chi connectivity index (χ0n) is 18.2. The van der Waals surface area contributed by atoms with E-state index < -0.39 is 30.1 Å². The number of benzene rings is 2. The van der Waals surface area contributed by atoms with E-state index in [9.17, 15) is 26.7 Å². The summed E-state index contributed by atoms with van der Waals surface area (Å²) in [6.45, 7) is 0.0295. The molecule has 0 unspecified atom stereocenters. The largest absolute Gasteiger partial charge is 0.487 e. The van der Waals surface area contributed by atoms with Crippen molar-refractivity contribution in [1.82, 2.24) is 0 Å². The third kappa shape index (κ3) is 5.00. The van der Waals surface area contributed by atoms with E-state index in [2.05, 4.69) is 4.74 Å². The van der Waals surface area contributed by atoms with Gasteiger partial charge in [0.25, 0.3) is 0 Å². The van der Waals surface area contributed by atoms with E-state index in [0.717, 1.165) is 6.07 Å². The minimum atomic E-state index is -4.65. The van der Waals surface area contributed by atoms with Gasteiger partial charge in [0.2, 0.25) is 11.7 Å². The van der Waals surface area contributed by atoms with E-state index in [0.29, 0.717) is 16.8 Å². The Bertz CT molecular complexity index is 1200. The average Bonchev–Trinajstić information content (AvgIpc) is 3.20. The first-order valence-electron chi connectivity index (χ1n) is 10.3. The number of anilines is 1. The monoisotopic (exact) mass is 481 g/mol. The number of carbonyl (C=O) groups excluding carboxylic acids is 1. The molecule has 10 heteroatoms. The number of carbonyl (C=O) groups is 1. The first-order chi connectivity index (χ1) is 15.9. The Morgan fingerprint density at radius 3 is 2.47 bits per heavy atom. The second-order valence-electron chi connectivity index (χ2n) is 8.34. The van der Waals surface area contributed by atoms with Gasteiger partial charge in [-0.25, -0.2) is 0 Å². The molecule has 0 saturated carbocycles. The summed E-state index contributed by atoms with van der Waals surface area (Å²) in [5.74, 6) is -1.51. The number of halogens is 5. The predicted octanol–water partition coefficient (Wildman–Crippen LogP) is 6.66. The van der Waals surface area contributed by atoms with Crippen LogP contribution < -0.4 is 14.4 Å². The van der Waals surface area contributed by atoms with Gasteiger partial charge >= 0.3 is 12.8 Å². The maximum atomic E-state index is 13.3. The zero-order valence-corrected chi connectivity index (χ0v) is 18.2. The highest BCUT2D eigenvalue weighted by atomic mass is 19.4. The van der Waals surface area contributed by atoms with Crippen LogP contribution in [0.1, 0.15) is 31.8 Å². The fourth-order valence-corrected chi connectivity index (χ4v) is 3.79. The van der Waals surface area contributed by atoms with Crippen molar-refractivity contribution in [2.24, 2.45) is 0 Å². The second kappa shape index (κ2) is 8.66. The lowest BCUT2D eigenvalue weighted by molar-refractivity contribution is -0.153. The van der Waals surface area contributed by atoms with Gasteiger partial charge < -0.3 is 18.8 Å². The maximum absolute atomic E-state index is 13.3. The molecular formula is C24H20F5NO4. The molecule has 0 saturated heterocycles. The van der Waals surface area contributed by atoms with Crippen molar-refractivity contribution in [3.05, 3.63) is 66.1 Å². The third-order valence-electron chi connectivity index (χ3n) is 5.18. The molecule has 0 N–H and O–H groups in total. The van der Waals surface area contributed by atoms with Crippen molar-refractivity contribution in [1.29, 1.82) is 0 Å². The quantitative estimate of drug-likeness (QED) is 0.391. The molecule has 1 aliphatic rings. The van der Waals surface area contributed by atoms with Crippen LogP contribution in [-0.4, -0.2) is 18.1 Å². The first kappa shape index (κ1) is 23.6. The minimum absolute atomic E-state index is 0.0469. The van der Waals surface area contributed by atoms with Crippen molar-refractivity contribution < 1.29 is 40.6 Å².